The van der Waals surface area contributed by atoms with Gasteiger partial charge in [-0.2, -0.15) is 0 Å². The summed E-state index contributed by atoms with van der Waals surface area (Å²) in [5.74, 6) is -2.03. The van der Waals surface area contributed by atoms with Gasteiger partial charge in [-0.1, -0.05) is 34.1 Å². The highest BCUT2D eigenvalue weighted by atomic mass is 79.9. The molecule has 0 aliphatic heterocycles. The van der Waals surface area contributed by atoms with E-state index in [1.807, 2.05) is 24.3 Å². The van der Waals surface area contributed by atoms with Crippen molar-refractivity contribution in [2.75, 3.05) is 0 Å². The first-order chi connectivity index (χ1) is 9.32. The summed E-state index contributed by atoms with van der Waals surface area (Å²) in [5.41, 5.74) is 10.8. The van der Waals surface area contributed by atoms with Crippen LogP contribution in [0.25, 0.3) is 0 Å². The van der Waals surface area contributed by atoms with E-state index < -0.39 is 23.9 Å². The van der Waals surface area contributed by atoms with E-state index in [-0.39, 0.29) is 6.04 Å². The number of nitrogens with two attached hydrogens (primary N) is 2. The summed E-state index contributed by atoms with van der Waals surface area (Å²) in [4.78, 5) is 33.6. The third-order valence-electron chi connectivity index (χ3n) is 2.56. The Labute approximate surface area is 124 Å². The standard InChI is InChI=1S/C12H15BrN4O3/c1-6(7-4-2-3-5-8(7)13)16-12(20)17-9(10(14)18)11(15)19/h2-6,9H,1H3,(H2,14,18)(H2,15,19)(H2,16,17,20)/t6-/m0/s1. The highest BCUT2D eigenvalue weighted by Gasteiger charge is 2.24. The van der Waals surface area contributed by atoms with E-state index in [4.69, 9.17) is 11.5 Å². The van der Waals surface area contributed by atoms with Crippen LogP contribution < -0.4 is 22.1 Å². The summed E-state index contributed by atoms with van der Waals surface area (Å²) >= 11 is 3.36. The van der Waals surface area contributed by atoms with E-state index in [1.165, 1.54) is 0 Å². The quantitative estimate of drug-likeness (QED) is 0.568. The number of nitrogens with one attached hydrogen (secondary N) is 2. The molecule has 0 heterocycles. The maximum atomic E-state index is 11.7. The molecule has 1 aromatic rings. The minimum absolute atomic E-state index is 0.341. The van der Waals surface area contributed by atoms with Crippen LogP contribution in [-0.2, 0) is 9.59 Å². The topological polar surface area (TPSA) is 127 Å². The van der Waals surface area contributed by atoms with Crippen LogP contribution >= 0.6 is 15.9 Å². The summed E-state index contributed by atoms with van der Waals surface area (Å²) in [6, 6.07) is 4.74. The molecule has 6 N–H and O–H groups in total. The molecule has 0 saturated heterocycles. The lowest BCUT2D eigenvalue weighted by molar-refractivity contribution is -0.128. The second kappa shape index (κ2) is 6.90. The van der Waals surface area contributed by atoms with Gasteiger partial charge >= 0.3 is 6.03 Å². The van der Waals surface area contributed by atoms with E-state index in [9.17, 15) is 14.4 Å². The van der Waals surface area contributed by atoms with Gasteiger partial charge in [0.2, 0.25) is 11.8 Å². The Balaban J connectivity index is 2.69. The predicted molar refractivity (Wildman–Crippen MR) is 76.4 cm³/mol. The number of primary amides is 2. The first-order valence-electron chi connectivity index (χ1n) is 5.73. The predicted octanol–water partition coefficient (Wildman–Crippen LogP) is 0.149. The number of rotatable bonds is 5. The fourth-order valence-electron chi connectivity index (χ4n) is 1.56. The Hall–Kier alpha value is -2.09. The third kappa shape index (κ3) is 4.23. The molecule has 4 amide bonds. The molecule has 7 nitrogen and oxygen atoms in total. The third-order valence-corrected chi connectivity index (χ3v) is 3.29. The van der Waals surface area contributed by atoms with E-state index in [1.54, 1.807) is 6.92 Å². The van der Waals surface area contributed by atoms with Crippen LogP contribution in [0.5, 0.6) is 0 Å². The molecule has 0 aliphatic carbocycles. The van der Waals surface area contributed by atoms with Crippen LogP contribution in [0, 0.1) is 0 Å². The van der Waals surface area contributed by atoms with Crippen molar-refractivity contribution in [3.8, 4) is 0 Å². The van der Waals surface area contributed by atoms with Gasteiger partial charge in [-0.3, -0.25) is 9.59 Å². The van der Waals surface area contributed by atoms with Gasteiger partial charge in [-0.25, -0.2) is 4.79 Å². The Morgan fingerprint density at radius 1 is 1.10 bits per heavy atom. The average molecular weight is 343 g/mol. The number of amides is 4. The summed E-state index contributed by atoms with van der Waals surface area (Å²) in [6.45, 7) is 1.75. The van der Waals surface area contributed by atoms with E-state index in [0.717, 1.165) is 10.0 Å². The van der Waals surface area contributed by atoms with Gasteiger partial charge < -0.3 is 22.1 Å². The molecule has 8 heteroatoms. The van der Waals surface area contributed by atoms with Gasteiger partial charge in [0.05, 0.1) is 6.04 Å². The molecule has 0 bridgehead atoms. The minimum Gasteiger partial charge on any atom is -0.367 e. The van der Waals surface area contributed by atoms with E-state index in [2.05, 4.69) is 26.6 Å². The zero-order valence-corrected chi connectivity index (χ0v) is 12.3. The number of benzene rings is 1. The minimum atomic E-state index is -1.54. The zero-order chi connectivity index (χ0) is 15.3. The Bertz CT molecular complexity index is 521. The van der Waals surface area contributed by atoms with Crippen molar-refractivity contribution in [2.45, 2.75) is 19.0 Å². The highest BCUT2D eigenvalue weighted by molar-refractivity contribution is 9.10. The smallest absolute Gasteiger partial charge is 0.316 e. The molecule has 108 valence electrons. The van der Waals surface area contributed by atoms with E-state index in [0.29, 0.717) is 0 Å². The second-order valence-corrected chi connectivity index (χ2v) is 4.95. The summed E-state index contributed by atoms with van der Waals surface area (Å²) in [7, 11) is 0. The molecule has 0 spiro atoms. The fraction of sp³-hybridized carbons (Fsp3) is 0.250. The lowest BCUT2D eigenvalue weighted by Crippen LogP contribution is -2.55. The van der Waals surface area contributed by atoms with Crippen LogP contribution in [0.2, 0.25) is 0 Å². The number of carbonyl (C=O) groups is 3. The van der Waals surface area contributed by atoms with Crippen molar-refractivity contribution in [3.05, 3.63) is 34.3 Å². The molecule has 0 unspecified atom stereocenters. The maximum absolute atomic E-state index is 11.7. The van der Waals surface area contributed by atoms with Crippen molar-refractivity contribution < 1.29 is 14.4 Å². The molecule has 0 radical (unpaired) electrons. The number of hydrogen-bond acceptors (Lipinski definition) is 3. The first kappa shape index (κ1) is 16.0. The van der Waals surface area contributed by atoms with E-state index >= 15 is 0 Å². The average Bonchev–Trinajstić information content (AvgIpc) is 2.35. The van der Waals surface area contributed by atoms with Crippen LogP contribution in [0.4, 0.5) is 4.79 Å². The van der Waals surface area contributed by atoms with Gasteiger partial charge in [0.15, 0.2) is 6.04 Å². The molecule has 1 atom stereocenters. The lowest BCUT2D eigenvalue weighted by atomic mass is 10.1. The Morgan fingerprint density at radius 3 is 2.15 bits per heavy atom. The maximum Gasteiger partial charge on any atom is 0.316 e. The molecule has 0 fully saturated rings. The Kier molecular flexibility index (Phi) is 5.51. The van der Waals surface area contributed by atoms with Crippen LogP contribution in [0.15, 0.2) is 28.7 Å². The highest BCUT2D eigenvalue weighted by Crippen LogP contribution is 2.22. The molecule has 0 saturated carbocycles. The molecular weight excluding hydrogens is 328 g/mol. The van der Waals surface area contributed by atoms with Gasteiger partial charge in [0.1, 0.15) is 0 Å². The largest absolute Gasteiger partial charge is 0.367 e. The van der Waals surface area contributed by atoms with Crippen molar-refractivity contribution in [1.29, 1.82) is 0 Å². The number of urea groups is 1. The van der Waals surface area contributed by atoms with Gasteiger partial charge in [-0.15, -0.1) is 0 Å². The van der Waals surface area contributed by atoms with Crippen molar-refractivity contribution in [2.24, 2.45) is 11.5 Å². The number of carbonyl (C=O) groups excluding carboxylic acids is 3. The molecule has 20 heavy (non-hydrogen) atoms. The zero-order valence-electron chi connectivity index (χ0n) is 10.7. The number of halogens is 1. The first-order valence-corrected chi connectivity index (χ1v) is 6.52. The van der Waals surface area contributed by atoms with Crippen LogP contribution in [-0.4, -0.2) is 23.9 Å². The number of hydrogen-bond donors (Lipinski definition) is 4. The van der Waals surface area contributed by atoms with Crippen LogP contribution in [0.3, 0.4) is 0 Å². The van der Waals surface area contributed by atoms with Gasteiger partial charge in [0.25, 0.3) is 0 Å². The summed E-state index contributed by atoms with van der Waals surface area (Å²) < 4.78 is 0.828. The van der Waals surface area contributed by atoms with Gasteiger partial charge in [-0.05, 0) is 18.6 Å². The summed E-state index contributed by atoms with van der Waals surface area (Å²) in [5, 5.41) is 4.70. The monoisotopic (exact) mass is 342 g/mol. The summed E-state index contributed by atoms with van der Waals surface area (Å²) in [6.07, 6.45) is 0. The van der Waals surface area contributed by atoms with Crippen molar-refractivity contribution in [1.82, 2.24) is 10.6 Å². The lowest BCUT2D eigenvalue weighted by Gasteiger charge is -2.18. The molecule has 0 aromatic heterocycles. The molecule has 0 aliphatic rings. The fourth-order valence-corrected chi connectivity index (χ4v) is 2.18. The van der Waals surface area contributed by atoms with Crippen molar-refractivity contribution in [3.63, 3.8) is 0 Å². The molecular formula is C12H15BrN4O3. The van der Waals surface area contributed by atoms with Crippen LogP contribution in [0.1, 0.15) is 18.5 Å². The normalized spacial score (nSPS) is 11.8. The molecule has 1 aromatic carbocycles. The molecule has 1 rings (SSSR count). The van der Waals surface area contributed by atoms with Crippen molar-refractivity contribution >= 4 is 33.8 Å². The second-order valence-electron chi connectivity index (χ2n) is 4.10. The SMILES string of the molecule is C[C@H](NC(=O)NC(C(N)=O)C(N)=O)c1ccccc1Br. The Morgan fingerprint density at radius 2 is 1.65 bits per heavy atom. The van der Waals surface area contributed by atoms with Gasteiger partial charge in [0, 0.05) is 4.47 Å².